The molecule has 1 N–H and O–H groups in total. The third-order valence-corrected chi connectivity index (χ3v) is 4.83. The van der Waals surface area contributed by atoms with E-state index in [0.29, 0.717) is 22.6 Å². The predicted octanol–water partition coefficient (Wildman–Crippen LogP) is 2.78. The van der Waals surface area contributed by atoms with Gasteiger partial charge >= 0.3 is 5.97 Å². The van der Waals surface area contributed by atoms with Crippen LogP contribution in [0.1, 0.15) is 21.8 Å². The number of amides is 1. The number of carboxylic acid groups (broad SMARTS) is 1. The van der Waals surface area contributed by atoms with Crippen molar-refractivity contribution in [3.63, 3.8) is 0 Å². The molecule has 2 aromatic carbocycles. The highest BCUT2D eigenvalue weighted by atomic mass is 19.1. The van der Waals surface area contributed by atoms with Crippen LogP contribution in [0.25, 0.3) is 0 Å². The zero-order valence-electron chi connectivity index (χ0n) is 15.0. The van der Waals surface area contributed by atoms with Gasteiger partial charge in [0.2, 0.25) is 0 Å². The van der Waals surface area contributed by atoms with Crippen molar-refractivity contribution in [1.82, 2.24) is 4.90 Å². The number of likely N-dealkylation sites (tertiary alicyclic amines) is 1. The second-order valence-corrected chi connectivity index (χ2v) is 6.36. The van der Waals surface area contributed by atoms with Gasteiger partial charge in [-0.3, -0.25) is 9.59 Å². The number of carbonyl (C=O) groups excluding carboxylic acids is 1. The number of rotatable bonds is 5. The monoisotopic (exact) mass is 373 g/mol. The molecule has 2 aromatic rings. The summed E-state index contributed by atoms with van der Waals surface area (Å²) >= 11 is 0. The molecule has 142 valence electrons. The lowest BCUT2D eigenvalue weighted by Crippen LogP contribution is -2.30. The van der Waals surface area contributed by atoms with Crippen LogP contribution in [-0.4, -0.2) is 49.2 Å². The molecule has 1 fully saturated rings. The molecular formula is C20H20FNO5. The van der Waals surface area contributed by atoms with Gasteiger partial charge in [0.1, 0.15) is 5.82 Å². The Labute approximate surface area is 156 Å². The number of hydrogen-bond donors (Lipinski definition) is 1. The summed E-state index contributed by atoms with van der Waals surface area (Å²) in [5, 5.41) is 9.59. The van der Waals surface area contributed by atoms with Crippen LogP contribution in [0.4, 0.5) is 4.39 Å². The van der Waals surface area contributed by atoms with E-state index in [0.717, 1.165) is 0 Å². The van der Waals surface area contributed by atoms with Crippen LogP contribution in [0.15, 0.2) is 42.5 Å². The summed E-state index contributed by atoms with van der Waals surface area (Å²) in [6.07, 6.45) is 0. The first-order valence-electron chi connectivity index (χ1n) is 8.44. The molecule has 3 rings (SSSR count). The number of carbonyl (C=O) groups is 2. The molecule has 6 nitrogen and oxygen atoms in total. The highest BCUT2D eigenvalue weighted by molar-refractivity contribution is 5.98. The lowest BCUT2D eigenvalue weighted by Gasteiger charge is -2.19. The molecule has 1 saturated heterocycles. The lowest BCUT2D eigenvalue weighted by molar-refractivity contribution is -0.141. The van der Waals surface area contributed by atoms with E-state index in [1.165, 1.54) is 31.3 Å². The van der Waals surface area contributed by atoms with Crippen LogP contribution in [0, 0.1) is 11.7 Å². The highest BCUT2D eigenvalue weighted by Crippen LogP contribution is 2.37. The van der Waals surface area contributed by atoms with Crippen molar-refractivity contribution in [2.24, 2.45) is 5.92 Å². The third-order valence-electron chi connectivity index (χ3n) is 4.83. The van der Waals surface area contributed by atoms with Crippen LogP contribution >= 0.6 is 0 Å². The number of para-hydroxylation sites is 1. The highest BCUT2D eigenvalue weighted by Gasteiger charge is 2.41. The second-order valence-electron chi connectivity index (χ2n) is 6.36. The van der Waals surface area contributed by atoms with Gasteiger partial charge in [0.15, 0.2) is 11.5 Å². The average molecular weight is 373 g/mol. The summed E-state index contributed by atoms with van der Waals surface area (Å²) in [4.78, 5) is 26.2. The summed E-state index contributed by atoms with van der Waals surface area (Å²) in [6.45, 7) is 0.218. The summed E-state index contributed by atoms with van der Waals surface area (Å²) in [5.41, 5.74) is 0.858. The van der Waals surface area contributed by atoms with Gasteiger partial charge in [0.05, 0.1) is 25.7 Å². The van der Waals surface area contributed by atoms with Crippen molar-refractivity contribution < 1.29 is 28.6 Å². The van der Waals surface area contributed by atoms with Crippen LogP contribution in [0.3, 0.4) is 0 Å². The summed E-state index contributed by atoms with van der Waals surface area (Å²) < 4.78 is 24.1. The molecule has 1 aliphatic rings. The summed E-state index contributed by atoms with van der Waals surface area (Å²) in [7, 11) is 2.91. The standard InChI is InChI=1S/C20H20FNO5/c1-26-17-8-4-7-14(18(17)27-2)19(23)22-10-15(16(11-22)20(24)25)12-5-3-6-13(21)9-12/h3-9,15-16H,10-11H2,1-2H3,(H,24,25)/t15-,16+/m1/s1. The van der Waals surface area contributed by atoms with E-state index >= 15 is 0 Å². The molecule has 1 heterocycles. The number of benzene rings is 2. The molecule has 0 spiro atoms. The Morgan fingerprint density at radius 3 is 2.48 bits per heavy atom. The van der Waals surface area contributed by atoms with Crippen LogP contribution in [0.5, 0.6) is 11.5 Å². The van der Waals surface area contributed by atoms with Gasteiger partial charge in [0.25, 0.3) is 5.91 Å². The smallest absolute Gasteiger partial charge is 0.308 e. The number of carboxylic acids is 1. The average Bonchev–Trinajstić information content (AvgIpc) is 3.12. The Balaban J connectivity index is 1.92. The first-order chi connectivity index (χ1) is 13.0. The summed E-state index contributed by atoms with van der Waals surface area (Å²) in [5.74, 6) is -2.39. The fourth-order valence-electron chi connectivity index (χ4n) is 3.52. The van der Waals surface area contributed by atoms with Gasteiger partial charge in [-0.2, -0.15) is 0 Å². The van der Waals surface area contributed by atoms with Crippen LogP contribution in [-0.2, 0) is 4.79 Å². The zero-order valence-corrected chi connectivity index (χ0v) is 15.0. The SMILES string of the molecule is COc1cccc(C(=O)N2C[C@H](C(=O)O)[C@@H](c3cccc(F)c3)C2)c1OC. The van der Waals surface area contributed by atoms with Crippen molar-refractivity contribution in [3.8, 4) is 11.5 Å². The van der Waals surface area contributed by atoms with Crippen molar-refractivity contribution in [3.05, 3.63) is 59.4 Å². The van der Waals surface area contributed by atoms with Gasteiger partial charge in [-0.15, -0.1) is 0 Å². The fourth-order valence-corrected chi connectivity index (χ4v) is 3.52. The number of nitrogens with zero attached hydrogens (tertiary/aromatic N) is 1. The van der Waals surface area contributed by atoms with Gasteiger partial charge in [-0.25, -0.2) is 4.39 Å². The molecular weight excluding hydrogens is 353 g/mol. The molecule has 1 amide bonds. The summed E-state index contributed by atoms with van der Waals surface area (Å²) in [6, 6.07) is 10.8. The Morgan fingerprint density at radius 1 is 1.11 bits per heavy atom. The van der Waals surface area contributed by atoms with Crippen molar-refractivity contribution in [1.29, 1.82) is 0 Å². The number of methoxy groups -OCH3 is 2. The molecule has 2 atom stereocenters. The second kappa shape index (κ2) is 7.65. The Kier molecular flexibility index (Phi) is 5.30. The van der Waals surface area contributed by atoms with E-state index in [2.05, 4.69) is 0 Å². The van der Waals surface area contributed by atoms with Crippen molar-refractivity contribution in [2.75, 3.05) is 27.3 Å². The molecule has 27 heavy (non-hydrogen) atoms. The number of hydrogen-bond acceptors (Lipinski definition) is 4. The Morgan fingerprint density at radius 2 is 1.85 bits per heavy atom. The molecule has 0 aliphatic carbocycles. The normalized spacial score (nSPS) is 19.0. The first-order valence-corrected chi connectivity index (χ1v) is 8.44. The molecule has 0 bridgehead atoms. The van der Waals surface area contributed by atoms with Gasteiger partial charge in [-0.05, 0) is 29.8 Å². The maximum absolute atomic E-state index is 13.6. The maximum atomic E-state index is 13.6. The quantitative estimate of drug-likeness (QED) is 0.872. The molecule has 0 aromatic heterocycles. The van der Waals surface area contributed by atoms with E-state index < -0.39 is 23.6 Å². The van der Waals surface area contributed by atoms with E-state index in [1.54, 1.807) is 30.3 Å². The lowest BCUT2D eigenvalue weighted by atomic mass is 9.89. The van der Waals surface area contributed by atoms with E-state index in [-0.39, 0.29) is 19.0 Å². The van der Waals surface area contributed by atoms with E-state index in [9.17, 15) is 19.1 Å². The molecule has 0 radical (unpaired) electrons. The van der Waals surface area contributed by atoms with Gasteiger partial charge < -0.3 is 19.5 Å². The number of halogens is 1. The third kappa shape index (κ3) is 3.58. The predicted molar refractivity (Wildman–Crippen MR) is 95.7 cm³/mol. The van der Waals surface area contributed by atoms with Gasteiger partial charge in [0, 0.05) is 19.0 Å². The Bertz CT molecular complexity index is 869. The van der Waals surface area contributed by atoms with Crippen molar-refractivity contribution in [2.45, 2.75) is 5.92 Å². The van der Waals surface area contributed by atoms with E-state index in [4.69, 9.17) is 9.47 Å². The van der Waals surface area contributed by atoms with Crippen LogP contribution < -0.4 is 9.47 Å². The number of ether oxygens (including phenoxy) is 2. The first kappa shape index (κ1) is 18.7. The van der Waals surface area contributed by atoms with Gasteiger partial charge in [-0.1, -0.05) is 18.2 Å². The molecule has 0 unspecified atom stereocenters. The van der Waals surface area contributed by atoms with Crippen LogP contribution in [0.2, 0.25) is 0 Å². The molecule has 1 aliphatic heterocycles. The van der Waals surface area contributed by atoms with Crippen molar-refractivity contribution >= 4 is 11.9 Å². The molecule has 7 heteroatoms. The minimum Gasteiger partial charge on any atom is -0.493 e. The zero-order chi connectivity index (χ0) is 19.6. The molecule has 0 saturated carbocycles. The number of aliphatic carboxylic acids is 1. The minimum absolute atomic E-state index is 0.0374. The Hall–Kier alpha value is -3.09. The maximum Gasteiger partial charge on any atom is 0.308 e. The fraction of sp³-hybridized carbons (Fsp3) is 0.300. The van der Waals surface area contributed by atoms with E-state index in [1.807, 2.05) is 0 Å². The minimum atomic E-state index is -1.02. The largest absolute Gasteiger partial charge is 0.493 e. The topological polar surface area (TPSA) is 76.1 Å².